The van der Waals surface area contributed by atoms with Gasteiger partial charge in [-0.15, -0.1) is 11.8 Å². The Morgan fingerprint density at radius 3 is 2.59 bits per heavy atom. The van der Waals surface area contributed by atoms with Gasteiger partial charge < -0.3 is 25.7 Å². The second-order valence-corrected chi connectivity index (χ2v) is 9.33. The van der Waals surface area contributed by atoms with E-state index >= 15 is 0 Å². The number of anilines is 1. The van der Waals surface area contributed by atoms with Gasteiger partial charge in [-0.1, -0.05) is 5.16 Å². The van der Waals surface area contributed by atoms with Gasteiger partial charge in [-0.05, 0) is 6.92 Å². The predicted molar refractivity (Wildman–Crippen MR) is 119 cm³/mol. The van der Waals surface area contributed by atoms with Crippen molar-refractivity contribution in [2.45, 2.75) is 30.9 Å². The van der Waals surface area contributed by atoms with Crippen LogP contribution in [0.5, 0.6) is 0 Å². The Labute approximate surface area is 213 Å². The van der Waals surface area contributed by atoms with E-state index in [0.29, 0.717) is 11.5 Å². The molecular weight excluding hydrogens is 549 g/mol. The highest BCUT2D eigenvalue weighted by Gasteiger charge is 2.54. The molecule has 37 heavy (non-hydrogen) atoms. The number of aliphatic carboxylic acids is 1. The van der Waals surface area contributed by atoms with E-state index in [0.717, 1.165) is 16.7 Å². The van der Waals surface area contributed by atoms with E-state index in [2.05, 4.69) is 24.7 Å². The number of β-lactam (4-membered cyclic amide) rings is 1. The number of nitrogens with zero attached hydrogens (tertiary/aromatic N) is 4. The fourth-order valence-corrected chi connectivity index (χ4v) is 4.87. The van der Waals surface area contributed by atoms with E-state index < -0.39 is 84.0 Å². The van der Waals surface area contributed by atoms with Crippen molar-refractivity contribution >= 4 is 63.7 Å². The summed E-state index contributed by atoms with van der Waals surface area (Å²) in [6.45, 7) is -1.11. The zero-order valence-corrected chi connectivity index (χ0v) is 20.2. The van der Waals surface area contributed by atoms with Crippen LogP contribution in [0, 0.1) is 0 Å². The second kappa shape index (κ2) is 11.1. The maximum absolute atomic E-state index is 12.8. The van der Waals surface area contributed by atoms with E-state index in [9.17, 15) is 42.3 Å². The molecule has 1 aromatic heterocycles. The second-order valence-electron chi connectivity index (χ2n) is 7.44. The van der Waals surface area contributed by atoms with Gasteiger partial charge in [-0.2, -0.15) is 22.5 Å². The number of halogens is 3. The Morgan fingerprint density at radius 2 is 2.03 bits per heavy atom. The van der Waals surface area contributed by atoms with E-state index in [1.54, 1.807) is 0 Å². The van der Waals surface area contributed by atoms with E-state index in [1.807, 2.05) is 0 Å². The summed E-state index contributed by atoms with van der Waals surface area (Å²) < 4.78 is 45.9. The fraction of sp³-hybridized carbons (Fsp3) is 0.444. The van der Waals surface area contributed by atoms with Crippen molar-refractivity contribution in [2.24, 2.45) is 5.16 Å². The summed E-state index contributed by atoms with van der Waals surface area (Å²) in [7, 11) is 0. The van der Waals surface area contributed by atoms with Gasteiger partial charge >= 0.3 is 18.1 Å². The topological polar surface area (TPSA) is 203 Å². The van der Waals surface area contributed by atoms with Crippen LogP contribution in [0.4, 0.5) is 18.3 Å². The number of nitrogen functional groups attached to an aromatic ring is 1. The zero-order valence-electron chi connectivity index (χ0n) is 18.6. The third kappa shape index (κ3) is 6.73. The zero-order chi connectivity index (χ0) is 27.5. The number of carboxylic acids is 1. The van der Waals surface area contributed by atoms with Gasteiger partial charge in [-0.3, -0.25) is 24.1 Å². The van der Waals surface area contributed by atoms with Crippen LogP contribution in [0.1, 0.15) is 19.2 Å². The van der Waals surface area contributed by atoms with Gasteiger partial charge in [-0.25, -0.2) is 4.79 Å². The van der Waals surface area contributed by atoms with E-state index in [4.69, 9.17) is 10.5 Å². The summed E-state index contributed by atoms with van der Waals surface area (Å²) in [5.41, 5.74) is 4.31. The van der Waals surface area contributed by atoms with Gasteiger partial charge in [0, 0.05) is 22.9 Å². The van der Waals surface area contributed by atoms with Crippen LogP contribution in [0.2, 0.25) is 0 Å². The molecule has 4 N–H and O–H groups in total. The Balaban J connectivity index is 1.75. The molecule has 1 fully saturated rings. The lowest BCUT2D eigenvalue weighted by Gasteiger charge is -2.49. The van der Waals surface area contributed by atoms with Crippen LogP contribution >= 0.6 is 23.3 Å². The number of carboxylic acid groups (broad SMARTS) is 1. The molecule has 2 aliphatic rings. The summed E-state index contributed by atoms with van der Waals surface area (Å²) in [5.74, 6) is -5.27. The molecule has 0 aliphatic carbocycles. The third-order valence-electron chi connectivity index (χ3n) is 4.59. The van der Waals surface area contributed by atoms with Crippen LogP contribution in [0.3, 0.4) is 0 Å². The number of hydrogen-bond acceptors (Lipinski definition) is 13. The molecule has 1 unspecified atom stereocenters. The number of nitrogens with two attached hydrogens (primary N) is 1. The first kappa shape index (κ1) is 27.8. The number of alkyl halides is 3. The highest BCUT2D eigenvalue weighted by Crippen LogP contribution is 2.40. The van der Waals surface area contributed by atoms with Gasteiger partial charge in [0.1, 0.15) is 35.9 Å². The summed E-state index contributed by atoms with van der Waals surface area (Å²) in [4.78, 5) is 68.8. The number of nitrogens with one attached hydrogen (secondary N) is 1. The third-order valence-corrected chi connectivity index (χ3v) is 6.47. The largest absolute Gasteiger partial charge is 0.477 e. The van der Waals surface area contributed by atoms with Gasteiger partial charge in [0.15, 0.2) is 5.13 Å². The average Bonchev–Trinajstić information content (AvgIpc) is 3.22. The summed E-state index contributed by atoms with van der Waals surface area (Å²) in [5, 5.41) is 14.0. The molecule has 200 valence electrons. The molecule has 2 atom stereocenters. The maximum Gasteiger partial charge on any atom is 0.425 e. The lowest BCUT2D eigenvalue weighted by molar-refractivity contribution is -0.174. The first-order valence-corrected chi connectivity index (χ1v) is 11.8. The minimum absolute atomic E-state index is 0.00435. The van der Waals surface area contributed by atoms with Crippen LogP contribution in [0.25, 0.3) is 0 Å². The number of ether oxygens (including phenoxy) is 1. The Kier molecular flexibility index (Phi) is 8.36. The molecular formula is C18H17F3N6O8S2. The number of esters is 1. The van der Waals surface area contributed by atoms with Crippen molar-refractivity contribution in [2.75, 3.05) is 24.7 Å². The van der Waals surface area contributed by atoms with Crippen LogP contribution < -0.4 is 11.1 Å². The molecule has 0 aromatic carbocycles. The number of thioether (sulfide) groups is 1. The summed E-state index contributed by atoms with van der Waals surface area (Å²) in [6, 6.07) is -1.28. The number of Topliss-reactive ketones (excluding diaryl/α,β-unsaturated/α-hetero) is 1. The van der Waals surface area contributed by atoms with Crippen molar-refractivity contribution in [3.8, 4) is 0 Å². The summed E-state index contributed by atoms with van der Waals surface area (Å²) >= 11 is 1.67. The number of carbonyl (C=O) groups is 5. The first-order valence-electron chi connectivity index (χ1n) is 10.0. The quantitative estimate of drug-likeness (QED) is 0.109. The van der Waals surface area contributed by atoms with Crippen LogP contribution in [-0.4, -0.2) is 91.2 Å². The molecule has 3 rings (SSSR count). The van der Waals surface area contributed by atoms with Gasteiger partial charge in [0.05, 0.1) is 0 Å². The van der Waals surface area contributed by atoms with Gasteiger partial charge in [0.2, 0.25) is 18.1 Å². The SMILES string of the molecule is CC(=O)CC(=O)OCC1=C(C(=O)O)N2C(=O)C(NC(=O)C(=NOCC(F)(F)F)c3nsc(N)n3)[C@@H]2SC1. The van der Waals surface area contributed by atoms with Crippen molar-refractivity contribution in [3.05, 3.63) is 17.1 Å². The number of oxime groups is 1. The minimum atomic E-state index is -4.75. The molecule has 14 nitrogen and oxygen atoms in total. The maximum atomic E-state index is 12.8. The van der Waals surface area contributed by atoms with E-state index in [1.165, 1.54) is 6.92 Å². The summed E-state index contributed by atoms with van der Waals surface area (Å²) in [6.07, 6.45) is -5.25. The molecule has 19 heteroatoms. The molecule has 0 radical (unpaired) electrons. The average molecular weight is 566 g/mol. The van der Waals surface area contributed by atoms with Crippen molar-refractivity contribution in [1.29, 1.82) is 0 Å². The molecule has 1 saturated heterocycles. The highest BCUT2D eigenvalue weighted by molar-refractivity contribution is 8.00. The molecule has 0 spiro atoms. The highest BCUT2D eigenvalue weighted by atomic mass is 32.2. The number of amides is 2. The van der Waals surface area contributed by atoms with Crippen LogP contribution in [-0.2, 0) is 33.5 Å². The Morgan fingerprint density at radius 1 is 1.32 bits per heavy atom. The molecule has 2 amide bonds. The molecule has 2 aliphatic heterocycles. The normalized spacial score (nSPS) is 19.6. The predicted octanol–water partition coefficient (Wildman–Crippen LogP) is -0.336. The smallest absolute Gasteiger partial charge is 0.425 e. The van der Waals surface area contributed by atoms with Crippen molar-refractivity contribution < 1.29 is 51.8 Å². The number of carbonyl (C=O) groups excluding carboxylic acids is 4. The monoisotopic (exact) mass is 566 g/mol. The molecule has 1 aromatic rings. The minimum Gasteiger partial charge on any atom is -0.477 e. The lowest BCUT2D eigenvalue weighted by Crippen LogP contribution is -2.71. The standard InChI is InChI=1S/C18H17F3N6O8S2/c1-6(28)2-8(29)34-3-7-4-36-15-10(14(31)27(15)11(7)16(32)33)23-13(30)9(12-24-17(22)37-26-12)25-35-5-18(19,20)21/h10,15H,2-5H2,1H3,(H,23,30)(H,32,33)(H2,22,24,26)/t10?,15-/m0/s1. The number of hydrogen-bond donors (Lipinski definition) is 3. The lowest BCUT2D eigenvalue weighted by atomic mass is 10.0. The Bertz CT molecular complexity index is 1200. The number of rotatable bonds is 10. The molecule has 3 heterocycles. The first-order chi connectivity index (χ1) is 17.3. The number of aromatic nitrogens is 2. The molecule has 0 bridgehead atoms. The van der Waals surface area contributed by atoms with Crippen molar-refractivity contribution in [1.82, 2.24) is 19.6 Å². The molecule has 0 saturated carbocycles. The van der Waals surface area contributed by atoms with Gasteiger partial charge in [0.25, 0.3) is 11.8 Å². The fourth-order valence-electron chi connectivity index (χ4n) is 3.11. The number of fused-ring (bicyclic) bond motifs is 1. The van der Waals surface area contributed by atoms with Crippen LogP contribution in [0.15, 0.2) is 16.4 Å². The van der Waals surface area contributed by atoms with Crippen molar-refractivity contribution in [3.63, 3.8) is 0 Å². The number of ketones is 1. The van der Waals surface area contributed by atoms with E-state index in [-0.39, 0.29) is 16.5 Å². The Hall–Kier alpha value is -3.74.